The molecule has 0 saturated carbocycles. The number of aromatic nitrogens is 4. The van der Waals surface area contributed by atoms with Crippen LogP contribution < -0.4 is 0 Å². The first-order valence-corrected chi connectivity index (χ1v) is 19.0. The SMILES string of the molecule is [2H]c1c([2H])c([2H])c2c(oc3c([2H])c(-n4c5ccc6ccccc6c5c5c6ccccc6ccc54)c([2H])c(-c4nc(-c5ccccc5)nc(-c5ccc(-c6ccccc6)cc5)n4)c32)c1[2H]. The Morgan fingerprint density at radius 3 is 1.59 bits per heavy atom. The molecule has 0 amide bonds. The normalized spacial score (nSPS) is 13.2. The lowest BCUT2D eigenvalue weighted by atomic mass is 10.00. The molecule has 9 aromatic carbocycles. The highest BCUT2D eigenvalue weighted by atomic mass is 16.3. The Morgan fingerprint density at radius 1 is 0.414 bits per heavy atom. The van der Waals surface area contributed by atoms with Gasteiger partial charge in [0.1, 0.15) is 11.2 Å². The van der Waals surface area contributed by atoms with Crippen LogP contribution in [-0.4, -0.2) is 19.5 Å². The number of rotatable bonds is 5. The van der Waals surface area contributed by atoms with E-state index in [4.69, 9.17) is 23.5 Å². The zero-order valence-electron chi connectivity index (χ0n) is 36.7. The molecular weight excluding hydrogens is 709 g/mol. The van der Waals surface area contributed by atoms with Gasteiger partial charge in [-0.2, -0.15) is 0 Å². The van der Waals surface area contributed by atoms with E-state index in [-0.39, 0.29) is 63.2 Å². The number of hydrogen-bond donors (Lipinski definition) is 0. The third-order valence-electron chi connectivity index (χ3n) is 11.0. The largest absolute Gasteiger partial charge is 0.456 e. The molecule has 270 valence electrons. The van der Waals surface area contributed by atoms with E-state index in [1.165, 1.54) is 0 Å². The summed E-state index contributed by atoms with van der Waals surface area (Å²) in [5.74, 6) is 0.748. The Morgan fingerprint density at radius 2 is 0.931 bits per heavy atom. The van der Waals surface area contributed by atoms with Gasteiger partial charge in [-0.3, -0.25) is 0 Å². The first-order valence-electron chi connectivity index (χ1n) is 22.0. The number of nitrogens with zero attached hydrogens (tertiary/aromatic N) is 4. The van der Waals surface area contributed by atoms with Crippen LogP contribution in [0.15, 0.2) is 198 Å². The number of furan rings is 1. The van der Waals surface area contributed by atoms with Gasteiger partial charge in [0.2, 0.25) is 0 Å². The molecule has 5 heteroatoms. The Kier molecular flexibility index (Phi) is 5.94. The van der Waals surface area contributed by atoms with Gasteiger partial charge in [0.15, 0.2) is 17.5 Å². The van der Waals surface area contributed by atoms with Crippen molar-refractivity contribution in [1.29, 1.82) is 0 Å². The molecule has 3 heterocycles. The minimum Gasteiger partial charge on any atom is -0.456 e. The summed E-state index contributed by atoms with van der Waals surface area (Å²) in [4.78, 5) is 15.1. The summed E-state index contributed by atoms with van der Waals surface area (Å²) in [6, 6.07) is 50.0. The van der Waals surface area contributed by atoms with Gasteiger partial charge in [-0.25, -0.2) is 15.0 Å². The van der Waals surface area contributed by atoms with Gasteiger partial charge in [0, 0.05) is 44.3 Å². The molecule has 12 rings (SSSR count). The summed E-state index contributed by atoms with van der Waals surface area (Å²) in [7, 11) is 0. The third kappa shape index (κ3) is 5.07. The van der Waals surface area contributed by atoms with Gasteiger partial charge < -0.3 is 8.98 Å². The van der Waals surface area contributed by atoms with Crippen LogP contribution in [0, 0.1) is 0 Å². The van der Waals surface area contributed by atoms with Crippen LogP contribution in [0.2, 0.25) is 0 Å². The van der Waals surface area contributed by atoms with Crippen molar-refractivity contribution in [3.8, 4) is 51.0 Å². The Hall–Kier alpha value is -7.89. The molecule has 0 bridgehead atoms. The first-order chi connectivity index (χ1) is 31.3. The molecule has 12 aromatic rings. The van der Waals surface area contributed by atoms with Crippen molar-refractivity contribution in [1.82, 2.24) is 19.5 Å². The van der Waals surface area contributed by atoms with E-state index < -0.39 is 12.1 Å². The second-order valence-corrected chi connectivity index (χ2v) is 14.3. The van der Waals surface area contributed by atoms with Crippen molar-refractivity contribution in [3.63, 3.8) is 0 Å². The Balaban J connectivity index is 1.23. The van der Waals surface area contributed by atoms with Crippen LogP contribution in [-0.2, 0) is 0 Å². The molecule has 3 aromatic heterocycles. The second-order valence-electron chi connectivity index (χ2n) is 14.3. The highest BCUT2D eigenvalue weighted by Gasteiger charge is 2.23. The topological polar surface area (TPSA) is 56.7 Å². The zero-order valence-corrected chi connectivity index (χ0v) is 30.7. The Labute approximate surface area is 341 Å². The second kappa shape index (κ2) is 12.8. The lowest BCUT2D eigenvalue weighted by Crippen LogP contribution is -2.01. The average Bonchev–Trinajstić information content (AvgIpc) is 3.91. The van der Waals surface area contributed by atoms with Crippen LogP contribution in [0.3, 0.4) is 0 Å². The average molecular weight is 747 g/mol. The molecule has 0 radical (unpaired) electrons. The summed E-state index contributed by atoms with van der Waals surface area (Å²) in [6.45, 7) is 0. The van der Waals surface area contributed by atoms with E-state index in [1.807, 2.05) is 138 Å². The van der Waals surface area contributed by atoms with E-state index in [0.717, 1.165) is 54.5 Å². The fraction of sp³-hybridized carbons (Fsp3) is 0. The van der Waals surface area contributed by atoms with Crippen LogP contribution in [0.1, 0.15) is 8.22 Å². The first kappa shape index (κ1) is 26.8. The number of fused-ring (bicyclic) bond motifs is 10. The van der Waals surface area contributed by atoms with Gasteiger partial charge in [-0.05, 0) is 56.9 Å². The maximum Gasteiger partial charge on any atom is 0.164 e. The fourth-order valence-corrected chi connectivity index (χ4v) is 8.31. The van der Waals surface area contributed by atoms with E-state index in [0.29, 0.717) is 22.8 Å². The number of benzene rings is 9. The minimum absolute atomic E-state index is 0.0185. The molecule has 58 heavy (non-hydrogen) atoms. The van der Waals surface area contributed by atoms with Gasteiger partial charge in [0.05, 0.1) is 24.9 Å². The smallest absolute Gasteiger partial charge is 0.164 e. The summed E-state index contributed by atoms with van der Waals surface area (Å²) < 4.78 is 64.3. The van der Waals surface area contributed by atoms with Crippen molar-refractivity contribution < 1.29 is 12.6 Å². The summed E-state index contributed by atoms with van der Waals surface area (Å²) in [6.07, 6.45) is 0. The van der Waals surface area contributed by atoms with Gasteiger partial charge in [-0.15, -0.1) is 0 Å². The fourth-order valence-electron chi connectivity index (χ4n) is 8.31. The van der Waals surface area contributed by atoms with Crippen molar-refractivity contribution in [2.45, 2.75) is 0 Å². The van der Waals surface area contributed by atoms with Crippen molar-refractivity contribution in [2.24, 2.45) is 0 Å². The monoisotopic (exact) mass is 746 g/mol. The number of hydrogen-bond acceptors (Lipinski definition) is 4. The third-order valence-corrected chi connectivity index (χ3v) is 11.0. The van der Waals surface area contributed by atoms with Crippen LogP contribution >= 0.6 is 0 Å². The van der Waals surface area contributed by atoms with Crippen LogP contribution in [0.5, 0.6) is 0 Å². The van der Waals surface area contributed by atoms with Gasteiger partial charge in [-0.1, -0.05) is 164 Å². The molecule has 5 nitrogen and oxygen atoms in total. The molecule has 0 aliphatic carbocycles. The number of para-hydroxylation sites is 1. The predicted octanol–water partition coefficient (Wildman–Crippen LogP) is 13.8. The summed E-state index contributed by atoms with van der Waals surface area (Å²) in [5.41, 5.74) is 5.17. The molecule has 0 unspecified atom stereocenters. The van der Waals surface area contributed by atoms with E-state index in [9.17, 15) is 4.11 Å². The van der Waals surface area contributed by atoms with Crippen molar-refractivity contribution in [2.75, 3.05) is 0 Å². The molecule has 0 N–H and O–H groups in total. The zero-order chi connectivity index (χ0) is 43.4. The molecular formula is C53H32N4O. The molecule has 0 aliphatic rings. The Bertz CT molecular complexity index is 3810. The maximum atomic E-state index is 10.4. The maximum absolute atomic E-state index is 10.4. The molecule has 0 saturated heterocycles. The van der Waals surface area contributed by atoms with Crippen LogP contribution in [0.4, 0.5) is 0 Å². The van der Waals surface area contributed by atoms with E-state index in [2.05, 4.69) is 24.3 Å². The van der Waals surface area contributed by atoms with Gasteiger partial charge >= 0.3 is 0 Å². The molecule has 0 atom stereocenters. The molecule has 0 fully saturated rings. The van der Waals surface area contributed by atoms with Crippen LogP contribution in [0.25, 0.3) is 116 Å². The predicted molar refractivity (Wildman–Crippen MR) is 238 cm³/mol. The van der Waals surface area contributed by atoms with Crippen molar-refractivity contribution in [3.05, 3.63) is 194 Å². The quantitative estimate of drug-likeness (QED) is 0.176. The summed E-state index contributed by atoms with van der Waals surface area (Å²) in [5, 5.41) is 6.22. The lowest BCUT2D eigenvalue weighted by Gasteiger charge is -2.13. The van der Waals surface area contributed by atoms with E-state index >= 15 is 0 Å². The lowest BCUT2D eigenvalue weighted by molar-refractivity contribution is 0.668. The summed E-state index contributed by atoms with van der Waals surface area (Å²) >= 11 is 0. The molecule has 0 aliphatic heterocycles. The standard InChI is InChI=1S/C53H32N4O/c1-3-13-33(14-4-1)34-23-25-38(26-24-34)52-54-51(37-17-5-2-6-18-37)55-53(56-52)43-31-39(32-47-48(43)42-21-11-12-22-46(42)58-47)57-44-29-27-35-15-7-9-19-40(35)49(44)50-41-20-10-8-16-36(41)28-30-45(50)57/h1-32H/i11D,12D,21D,22D,31D,32D. The van der Waals surface area contributed by atoms with Crippen molar-refractivity contribution >= 4 is 65.3 Å². The highest BCUT2D eigenvalue weighted by Crippen LogP contribution is 2.44. The van der Waals surface area contributed by atoms with E-state index in [1.54, 1.807) is 0 Å². The minimum atomic E-state index is -0.468. The molecule has 0 spiro atoms. The van der Waals surface area contributed by atoms with Gasteiger partial charge in [0.25, 0.3) is 0 Å². The highest BCUT2D eigenvalue weighted by molar-refractivity contribution is 6.28.